The lowest BCUT2D eigenvalue weighted by Gasteiger charge is -2.16. The molecule has 1 unspecified atom stereocenters. The molecule has 0 radical (unpaired) electrons. The summed E-state index contributed by atoms with van der Waals surface area (Å²) in [5.41, 5.74) is 2.36. The standard InChI is InChI=1S/C19H24N2O2/c1-20-10-3-4-17(19(20)22)14-21-11-9-16(13-21)12-15-5-7-18(23-2)8-6-15/h3-8,10,16H,9,11-14H2,1-2H3. The first kappa shape index (κ1) is 15.8. The Labute approximate surface area is 137 Å². The number of methoxy groups -OCH3 is 1. The first-order valence-electron chi connectivity index (χ1n) is 8.15. The number of aryl methyl sites for hydroxylation is 1. The van der Waals surface area contributed by atoms with E-state index in [1.54, 1.807) is 11.7 Å². The van der Waals surface area contributed by atoms with E-state index in [0.29, 0.717) is 5.92 Å². The molecule has 0 amide bonds. The van der Waals surface area contributed by atoms with Gasteiger partial charge in [-0.1, -0.05) is 18.2 Å². The fourth-order valence-electron chi connectivity index (χ4n) is 3.33. The van der Waals surface area contributed by atoms with Crippen LogP contribution in [0.3, 0.4) is 0 Å². The van der Waals surface area contributed by atoms with Crippen LogP contribution in [0.25, 0.3) is 0 Å². The second-order valence-corrected chi connectivity index (χ2v) is 6.39. The van der Waals surface area contributed by atoms with Crippen LogP contribution >= 0.6 is 0 Å². The van der Waals surface area contributed by atoms with Gasteiger partial charge in [0.15, 0.2) is 0 Å². The first-order valence-corrected chi connectivity index (χ1v) is 8.15. The molecule has 1 aliphatic rings. The molecule has 0 N–H and O–H groups in total. The highest BCUT2D eigenvalue weighted by molar-refractivity contribution is 5.27. The van der Waals surface area contributed by atoms with E-state index in [2.05, 4.69) is 17.0 Å². The Morgan fingerprint density at radius 2 is 2.00 bits per heavy atom. The highest BCUT2D eigenvalue weighted by Crippen LogP contribution is 2.23. The van der Waals surface area contributed by atoms with Gasteiger partial charge in [0.25, 0.3) is 5.56 Å². The second-order valence-electron chi connectivity index (χ2n) is 6.39. The van der Waals surface area contributed by atoms with E-state index in [4.69, 9.17) is 4.74 Å². The molecule has 2 aromatic rings. The average molecular weight is 312 g/mol. The molecule has 1 aromatic carbocycles. The van der Waals surface area contributed by atoms with E-state index in [9.17, 15) is 4.79 Å². The number of hydrogen-bond donors (Lipinski definition) is 0. The minimum absolute atomic E-state index is 0.117. The Bertz CT molecular complexity index is 706. The van der Waals surface area contributed by atoms with Crippen molar-refractivity contribution >= 4 is 0 Å². The quantitative estimate of drug-likeness (QED) is 0.850. The van der Waals surface area contributed by atoms with Crippen LogP contribution in [-0.4, -0.2) is 29.7 Å². The zero-order valence-electron chi connectivity index (χ0n) is 13.9. The van der Waals surface area contributed by atoms with E-state index in [1.165, 1.54) is 12.0 Å². The number of nitrogens with zero attached hydrogens (tertiary/aromatic N) is 2. The molecule has 23 heavy (non-hydrogen) atoms. The van der Waals surface area contributed by atoms with E-state index in [1.807, 2.05) is 37.5 Å². The zero-order chi connectivity index (χ0) is 16.2. The number of hydrogen-bond acceptors (Lipinski definition) is 3. The lowest BCUT2D eigenvalue weighted by atomic mass is 9.99. The Morgan fingerprint density at radius 1 is 1.22 bits per heavy atom. The molecule has 1 saturated heterocycles. The number of likely N-dealkylation sites (tertiary alicyclic amines) is 1. The van der Waals surface area contributed by atoms with Gasteiger partial charge in [0.05, 0.1) is 7.11 Å². The van der Waals surface area contributed by atoms with Crippen molar-refractivity contribution in [2.24, 2.45) is 13.0 Å². The molecule has 4 heteroatoms. The van der Waals surface area contributed by atoms with Gasteiger partial charge in [-0.15, -0.1) is 0 Å². The van der Waals surface area contributed by atoms with Crippen molar-refractivity contribution in [3.05, 3.63) is 64.1 Å². The number of rotatable bonds is 5. The maximum atomic E-state index is 12.1. The predicted octanol–water partition coefficient (Wildman–Crippen LogP) is 2.46. The molecular weight excluding hydrogens is 288 g/mol. The summed E-state index contributed by atoms with van der Waals surface area (Å²) in [5, 5.41) is 0. The van der Waals surface area contributed by atoms with E-state index in [-0.39, 0.29) is 5.56 Å². The van der Waals surface area contributed by atoms with Gasteiger partial charge < -0.3 is 9.30 Å². The van der Waals surface area contributed by atoms with Gasteiger partial charge in [-0.2, -0.15) is 0 Å². The van der Waals surface area contributed by atoms with Crippen LogP contribution < -0.4 is 10.3 Å². The monoisotopic (exact) mass is 312 g/mol. The summed E-state index contributed by atoms with van der Waals surface area (Å²) in [7, 11) is 3.50. The molecule has 1 fully saturated rings. The number of benzene rings is 1. The summed E-state index contributed by atoms with van der Waals surface area (Å²) in [6, 6.07) is 12.2. The van der Waals surface area contributed by atoms with Crippen LogP contribution in [0.5, 0.6) is 5.75 Å². The van der Waals surface area contributed by atoms with Gasteiger partial charge in [-0.3, -0.25) is 9.69 Å². The Hall–Kier alpha value is -2.07. The Morgan fingerprint density at radius 3 is 2.74 bits per heavy atom. The van der Waals surface area contributed by atoms with Crippen molar-refractivity contribution in [3.8, 4) is 5.75 Å². The maximum Gasteiger partial charge on any atom is 0.254 e. The van der Waals surface area contributed by atoms with Crippen LogP contribution in [0.15, 0.2) is 47.4 Å². The molecule has 2 heterocycles. The van der Waals surface area contributed by atoms with E-state index >= 15 is 0 Å². The summed E-state index contributed by atoms with van der Waals surface area (Å²) in [6.45, 7) is 2.88. The van der Waals surface area contributed by atoms with Gasteiger partial charge in [0.1, 0.15) is 5.75 Å². The molecule has 0 saturated carbocycles. The summed E-state index contributed by atoms with van der Waals surface area (Å²) in [4.78, 5) is 14.5. The first-order chi connectivity index (χ1) is 11.2. The van der Waals surface area contributed by atoms with Crippen LogP contribution in [0, 0.1) is 5.92 Å². The van der Waals surface area contributed by atoms with Crippen molar-refractivity contribution in [2.45, 2.75) is 19.4 Å². The van der Waals surface area contributed by atoms with Gasteiger partial charge in [0.2, 0.25) is 0 Å². The lowest BCUT2D eigenvalue weighted by Crippen LogP contribution is -2.27. The molecule has 1 atom stereocenters. The van der Waals surface area contributed by atoms with Gasteiger partial charge in [0, 0.05) is 31.9 Å². The molecule has 3 rings (SSSR count). The van der Waals surface area contributed by atoms with Gasteiger partial charge in [-0.05, 0) is 49.1 Å². The van der Waals surface area contributed by atoms with Crippen molar-refractivity contribution in [1.82, 2.24) is 9.47 Å². The Balaban J connectivity index is 1.57. The third-order valence-electron chi connectivity index (χ3n) is 4.65. The zero-order valence-corrected chi connectivity index (χ0v) is 13.9. The van der Waals surface area contributed by atoms with Crippen molar-refractivity contribution in [2.75, 3.05) is 20.2 Å². The third kappa shape index (κ3) is 3.82. The Kier molecular flexibility index (Phi) is 4.82. The minimum Gasteiger partial charge on any atom is -0.497 e. The molecule has 1 aliphatic heterocycles. The number of ether oxygens (including phenoxy) is 1. The highest BCUT2D eigenvalue weighted by Gasteiger charge is 2.23. The third-order valence-corrected chi connectivity index (χ3v) is 4.65. The van der Waals surface area contributed by atoms with Crippen LogP contribution in [0.4, 0.5) is 0 Å². The smallest absolute Gasteiger partial charge is 0.254 e. The second kappa shape index (κ2) is 7.01. The van der Waals surface area contributed by atoms with Crippen LogP contribution in [0.1, 0.15) is 17.5 Å². The molecule has 0 aliphatic carbocycles. The van der Waals surface area contributed by atoms with Crippen molar-refractivity contribution in [1.29, 1.82) is 0 Å². The highest BCUT2D eigenvalue weighted by atomic mass is 16.5. The molecule has 0 spiro atoms. The van der Waals surface area contributed by atoms with Crippen LogP contribution in [0.2, 0.25) is 0 Å². The molecule has 1 aromatic heterocycles. The fraction of sp³-hybridized carbons (Fsp3) is 0.421. The largest absolute Gasteiger partial charge is 0.497 e. The normalized spacial score (nSPS) is 18.3. The van der Waals surface area contributed by atoms with Crippen LogP contribution in [-0.2, 0) is 20.0 Å². The molecular formula is C19H24N2O2. The average Bonchev–Trinajstić information content (AvgIpc) is 3.00. The van der Waals surface area contributed by atoms with E-state index in [0.717, 1.165) is 37.4 Å². The molecule has 122 valence electrons. The summed E-state index contributed by atoms with van der Waals surface area (Å²) in [5.74, 6) is 1.57. The predicted molar refractivity (Wildman–Crippen MR) is 91.8 cm³/mol. The molecule has 0 bridgehead atoms. The van der Waals surface area contributed by atoms with Gasteiger partial charge in [-0.25, -0.2) is 0 Å². The maximum absolute atomic E-state index is 12.1. The van der Waals surface area contributed by atoms with E-state index < -0.39 is 0 Å². The summed E-state index contributed by atoms with van der Waals surface area (Å²) >= 11 is 0. The number of pyridine rings is 1. The summed E-state index contributed by atoms with van der Waals surface area (Å²) in [6.07, 6.45) is 4.09. The fourth-order valence-corrected chi connectivity index (χ4v) is 3.33. The topological polar surface area (TPSA) is 34.5 Å². The summed E-state index contributed by atoms with van der Waals surface area (Å²) < 4.78 is 6.86. The van der Waals surface area contributed by atoms with Crippen molar-refractivity contribution in [3.63, 3.8) is 0 Å². The minimum atomic E-state index is 0.117. The molecule has 4 nitrogen and oxygen atoms in total. The van der Waals surface area contributed by atoms with Crippen molar-refractivity contribution < 1.29 is 4.74 Å². The lowest BCUT2D eigenvalue weighted by molar-refractivity contribution is 0.314. The SMILES string of the molecule is COc1ccc(CC2CCN(Cc3cccn(C)c3=O)C2)cc1. The van der Waals surface area contributed by atoms with Gasteiger partial charge >= 0.3 is 0 Å². The number of aromatic nitrogens is 1.